The van der Waals surface area contributed by atoms with Crippen molar-refractivity contribution < 1.29 is 13.6 Å². The number of halogens is 3. The number of nitrogens with zero attached hydrogens (tertiary/aromatic N) is 1. The number of amides is 1. The number of benzene rings is 1. The van der Waals surface area contributed by atoms with Crippen LogP contribution in [-0.4, -0.2) is 10.5 Å². The highest BCUT2D eigenvalue weighted by molar-refractivity contribution is 9.10. The van der Waals surface area contributed by atoms with E-state index in [9.17, 15) is 13.6 Å². The fourth-order valence-corrected chi connectivity index (χ4v) is 1.82. The third-order valence-corrected chi connectivity index (χ3v) is 3.04. The second-order valence-corrected chi connectivity index (χ2v) is 4.56. The van der Waals surface area contributed by atoms with Crippen molar-refractivity contribution >= 4 is 27.5 Å². The lowest BCUT2D eigenvalue weighted by molar-refractivity contribution is 0.101. The van der Waals surface area contributed by atoms with E-state index in [1.54, 1.807) is 29.9 Å². The third-order valence-electron chi connectivity index (χ3n) is 2.43. The summed E-state index contributed by atoms with van der Waals surface area (Å²) in [6.45, 7) is 0. The minimum absolute atomic E-state index is 0.0110. The second kappa shape index (κ2) is 4.89. The van der Waals surface area contributed by atoms with Crippen LogP contribution in [0, 0.1) is 11.6 Å². The van der Waals surface area contributed by atoms with E-state index in [1.165, 1.54) is 0 Å². The third kappa shape index (κ3) is 2.43. The molecule has 2 aromatic rings. The smallest absolute Gasteiger partial charge is 0.272 e. The zero-order valence-corrected chi connectivity index (χ0v) is 11.0. The van der Waals surface area contributed by atoms with Gasteiger partial charge in [-0.15, -0.1) is 0 Å². The van der Waals surface area contributed by atoms with E-state index in [1.807, 2.05) is 0 Å². The monoisotopic (exact) mass is 314 g/mol. The highest BCUT2D eigenvalue weighted by Gasteiger charge is 2.13. The molecule has 0 spiro atoms. The summed E-state index contributed by atoms with van der Waals surface area (Å²) in [5.41, 5.74) is 0.166. The van der Waals surface area contributed by atoms with Gasteiger partial charge in [0.05, 0.1) is 10.2 Å². The van der Waals surface area contributed by atoms with Gasteiger partial charge in [0, 0.05) is 19.3 Å². The summed E-state index contributed by atoms with van der Waals surface area (Å²) < 4.78 is 28.4. The molecule has 0 unspecified atom stereocenters. The number of nitrogens with one attached hydrogen (secondary N) is 1. The predicted molar refractivity (Wildman–Crippen MR) is 67.4 cm³/mol. The molecule has 1 aromatic heterocycles. The SMILES string of the molecule is Cn1cccc1C(=O)Nc1cc(F)c(Br)cc1F. The first kappa shape index (κ1) is 12.8. The first-order valence-electron chi connectivity index (χ1n) is 5.06. The zero-order valence-electron chi connectivity index (χ0n) is 9.38. The van der Waals surface area contributed by atoms with Crippen molar-refractivity contribution in [1.82, 2.24) is 4.57 Å². The quantitative estimate of drug-likeness (QED) is 0.848. The summed E-state index contributed by atoms with van der Waals surface area (Å²) in [6.07, 6.45) is 1.69. The molecule has 0 atom stereocenters. The van der Waals surface area contributed by atoms with E-state index in [0.29, 0.717) is 5.69 Å². The molecule has 1 amide bonds. The number of aromatic nitrogens is 1. The molecular weight excluding hydrogens is 306 g/mol. The Morgan fingerprint density at radius 2 is 2.06 bits per heavy atom. The molecule has 0 aliphatic heterocycles. The van der Waals surface area contributed by atoms with Gasteiger partial charge < -0.3 is 9.88 Å². The normalized spacial score (nSPS) is 10.4. The van der Waals surface area contributed by atoms with E-state index in [2.05, 4.69) is 21.2 Å². The Morgan fingerprint density at radius 3 is 2.67 bits per heavy atom. The van der Waals surface area contributed by atoms with Crippen LogP contribution in [0.2, 0.25) is 0 Å². The highest BCUT2D eigenvalue weighted by Crippen LogP contribution is 2.23. The number of hydrogen-bond acceptors (Lipinski definition) is 1. The van der Waals surface area contributed by atoms with E-state index >= 15 is 0 Å². The summed E-state index contributed by atoms with van der Waals surface area (Å²) in [5.74, 6) is -1.84. The Bertz CT molecular complexity index is 610. The molecular formula is C12H9BrF2N2O. The molecule has 6 heteroatoms. The number of hydrogen-bond donors (Lipinski definition) is 1. The van der Waals surface area contributed by atoms with Gasteiger partial charge in [0.25, 0.3) is 5.91 Å². The van der Waals surface area contributed by atoms with E-state index in [4.69, 9.17) is 0 Å². The standard InChI is InChI=1S/C12H9BrF2N2O/c1-17-4-2-3-11(17)12(18)16-10-6-8(14)7(13)5-9(10)15/h2-6H,1H3,(H,16,18). The Labute approximate surface area is 111 Å². The summed E-state index contributed by atoms with van der Waals surface area (Å²) in [7, 11) is 1.69. The first-order valence-corrected chi connectivity index (χ1v) is 5.85. The molecule has 18 heavy (non-hydrogen) atoms. The topological polar surface area (TPSA) is 34.0 Å². The van der Waals surface area contributed by atoms with Crippen LogP contribution in [0.3, 0.4) is 0 Å². The van der Waals surface area contributed by atoms with Gasteiger partial charge in [-0.2, -0.15) is 0 Å². The molecule has 1 heterocycles. The Kier molecular flexibility index (Phi) is 3.47. The van der Waals surface area contributed by atoms with Gasteiger partial charge in [-0.05, 0) is 34.1 Å². The van der Waals surface area contributed by atoms with Gasteiger partial charge in [-0.3, -0.25) is 4.79 Å². The molecule has 0 saturated carbocycles. The van der Waals surface area contributed by atoms with Crippen LogP contribution in [-0.2, 0) is 7.05 Å². The van der Waals surface area contributed by atoms with Crippen LogP contribution in [0.15, 0.2) is 34.9 Å². The Morgan fingerprint density at radius 1 is 1.33 bits per heavy atom. The molecule has 0 aliphatic rings. The average Bonchev–Trinajstić information content (AvgIpc) is 2.72. The van der Waals surface area contributed by atoms with Crippen LogP contribution in [0.25, 0.3) is 0 Å². The van der Waals surface area contributed by atoms with Crippen molar-refractivity contribution in [3.8, 4) is 0 Å². The molecule has 1 aromatic carbocycles. The molecule has 2 rings (SSSR count). The summed E-state index contributed by atoms with van der Waals surface area (Å²) in [4.78, 5) is 11.8. The summed E-state index contributed by atoms with van der Waals surface area (Å²) >= 11 is 2.86. The maximum Gasteiger partial charge on any atom is 0.272 e. The van der Waals surface area contributed by atoms with Gasteiger partial charge >= 0.3 is 0 Å². The Balaban J connectivity index is 2.28. The van der Waals surface area contributed by atoms with Gasteiger partial charge in [0.1, 0.15) is 17.3 Å². The van der Waals surface area contributed by atoms with Crippen LogP contribution in [0.4, 0.5) is 14.5 Å². The largest absolute Gasteiger partial charge is 0.347 e. The molecule has 0 bridgehead atoms. The van der Waals surface area contributed by atoms with Crippen molar-refractivity contribution in [1.29, 1.82) is 0 Å². The number of rotatable bonds is 2. The lowest BCUT2D eigenvalue weighted by Gasteiger charge is -2.08. The zero-order chi connectivity index (χ0) is 13.3. The van der Waals surface area contributed by atoms with Gasteiger partial charge in [-0.25, -0.2) is 8.78 Å². The van der Waals surface area contributed by atoms with Crippen molar-refractivity contribution in [2.24, 2.45) is 7.05 Å². The minimum Gasteiger partial charge on any atom is -0.347 e. The van der Waals surface area contributed by atoms with Gasteiger partial charge in [0.15, 0.2) is 0 Å². The average molecular weight is 315 g/mol. The van der Waals surface area contributed by atoms with Gasteiger partial charge in [-0.1, -0.05) is 0 Å². The lowest BCUT2D eigenvalue weighted by Crippen LogP contribution is -2.16. The summed E-state index contributed by atoms with van der Waals surface area (Å²) in [5, 5.41) is 2.33. The minimum atomic E-state index is -0.703. The molecule has 3 nitrogen and oxygen atoms in total. The number of carbonyl (C=O) groups is 1. The number of carbonyl (C=O) groups excluding carboxylic acids is 1. The van der Waals surface area contributed by atoms with Crippen LogP contribution in [0.5, 0.6) is 0 Å². The van der Waals surface area contributed by atoms with Crippen LogP contribution < -0.4 is 5.32 Å². The van der Waals surface area contributed by atoms with E-state index < -0.39 is 17.5 Å². The maximum atomic E-state index is 13.5. The summed E-state index contributed by atoms with van der Waals surface area (Å²) in [6, 6.07) is 5.17. The molecule has 0 aliphatic carbocycles. The van der Waals surface area contributed by atoms with Crippen LogP contribution in [0.1, 0.15) is 10.5 Å². The molecule has 94 valence electrons. The predicted octanol–water partition coefficient (Wildman–Crippen LogP) is 3.32. The van der Waals surface area contributed by atoms with Crippen molar-refractivity contribution in [2.75, 3.05) is 5.32 Å². The van der Waals surface area contributed by atoms with Crippen molar-refractivity contribution in [2.45, 2.75) is 0 Å². The number of anilines is 1. The molecule has 0 fully saturated rings. The Hall–Kier alpha value is -1.69. The number of aryl methyl sites for hydroxylation is 1. The van der Waals surface area contributed by atoms with Crippen molar-refractivity contribution in [3.63, 3.8) is 0 Å². The van der Waals surface area contributed by atoms with E-state index in [0.717, 1.165) is 12.1 Å². The highest BCUT2D eigenvalue weighted by atomic mass is 79.9. The second-order valence-electron chi connectivity index (χ2n) is 3.70. The molecule has 0 radical (unpaired) electrons. The van der Waals surface area contributed by atoms with Crippen LogP contribution >= 0.6 is 15.9 Å². The molecule has 0 saturated heterocycles. The molecule has 1 N–H and O–H groups in total. The van der Waals surface area contributed by atoms with Crippen molar-refractivity contribution in [3.05, 3.63) is 52.3 Å². The van der Waals surface area contributed by atoms with Gasteiger partial charge in [0.2, 0.25) is 0 Å². The van der Waals surface area contributed by atoms with E-state index in [-0.39, 0.29) is 10.2 Å². The fraction of sp³-hybridized carbons (Fsp3) is 0.0833. The first-order chi connectivity index (χ1) is 8.49. The fourth-order valence-electron chi connectivity index (χ4n) is 1.50. The maximum absolute atomic E-state index is 13.5. The lowest BCUT2D eigenvalue weighted by atomic mass is 10.3.